The van der Waals surface area contributed by atoms with E-state index in [2.05, 4.69) is 48.0 Å². The molecule has 0 aromatic carbocycles. The van der Waals surface area contributed by atoms with Crippen LogP contribution in [0.25, 0.3) is 0 Å². The molecule has 2 saturated carbocycles. The van der Waals surface area contributed by atoms with Crippen LogP contribution >= 0.6 is 0 Å². The van der Waals surface area contributed by atoms with Crippen molar-refractivity contribution in [3.05, 3.63) is 23.6 Å². The van der Waals surface area contributed by atoms with E-state index in [1.165, 1.54) is 103 Å². The average molecular weight is 489 g/mol. The largest absolute Gasteiger partial charge is 0.352 e. The number of rotatable bonds is 9. The normalized spacial score (nSPS) is 37.7. The molecule has 4 aliphatic rings. The third kappa shape index (κ3) is 7.28. The zero-order valence-corrected chi connectivity index (χ0v) is 23.1. The Kier molecular flexibility index (Phi) is 10.7. The van der Waals surface area contributed by atoms with Gasteiger partial charge in [0.15, 0.2) is 0 Å². The molecule has 34 heavy (non-hydrogen) atoms. The fourth-order valence-corrected chi connectivity index (χ4v) is 12.1. The van der Waals surface area contributed by atoms with E-state index in [1.807, 2.05) is 0 Å². The van der Waals surface area contributed by atoms with E-state index >= 15 is 0 Å². The monoisotopic (exact) mass is 488 g/mol. The van der Waals surface area contributed by atoms with Crippen molar-refractivity contribution in [2.45, 2.75) is 127 Å². The molecule has 4 nitrogen and oxygen atoms in total. The lowest BCUT2D eigenvalue weighted by atomic mass is 9.87. The number of hydrogen-bond donors (Lipinski definition) is 2. The molecule has 5 heteroatoms. The Bertz CT molecular complexity index is 608. The van der Waals surface area contributed by atoms with E-state index in [4.69, 9.17) is 9.47 Å². The van der Waals surface area contributed by atoms with Gasteiger partial charge < -0.3 is 20.1 Å². The van der Waals surface area contributed by atoms with E-state index in [9.17, 15) is 0 Å². The molecule has 0 aromatic heterocycles. The van der Waals surface area contributed by atoms with Crippen molar-refractivity contribution in [3.8, 4) is 0 Å². The Labute approximate surface area is 210 Å². The molecule has 2 aliphatic heterocycles. The zero-order valence-electron chi connectivity index (χ0n) is 22.1. The molecule has 2 atom stereocenters. The zero-order chi connectivity index (χ0) is 23.6. The topological polar surface area (TPSA) is 42.5 Å². The second-order valence-corrected chi connectivity index (χ2v) is 15.8. The SMILES string of the molecule is CC=C[Si](C=CC1CCC(OCOC2CCC(C)CC2)CC1)(C1CCCCN1)C1CCCCN1. The van der Waals surface area contributed by atoms with Gasteiger partial charge in [0.25, 0.3) is 0 Å². The maximum Gasteiger partial charge on any atom is 0.147 e. The van der Waals surface area contributed by atoms with E-state index in [0.29, 0.717) is 36.2 Å². The van der Waals surface area contributed by atoms with Crippen molar-refractivity contribution >= 4 is 8.07 Å². The third-order valence-electron chi connectivity index (χ3n) is 9.23. The Morgan fingerprint density at radius 1 is 0.706 bits per heavy atom. The lowest BCUT2D eigenvalue weighted by Gasteiger charge is -2.45. The minimum absolute atomic E-state index is 0.393. The molecule has 0 bridgehead atoms. The molecule has 0 amide bonds. The first-order chi connectivity index (χ1) is 16.7. The van der Waals surface area contributed by atoms with Gasteiger partial charge in [-0.1, -0.05) is 43.3 Å². The molecule has 4 rings (SSSR count). The second-order valence-electron chi connectivity index (χ2n) is 11.7. The van der Waals surface area contributed by atoms with Crippen LogP contribution in [0.1, 0.15) is 104 Å². The molecule has 4 fully saturated rings. The van der Waals surface area contributed by atoms with Gasteiger partial charge in [-0.3, -0.25) is 0 Å². The fraction of sp³-hybridized carbons (Fsp3) is 0.862. The van der Waals surface area contributed by atoms with Crippen molar-refractivity contribution in [2.75, 3.05) is 19.9 Å². The highest BCUT2D eigenvalue weighted by molar-refractivity contribution is 6.91. The van der Waals surface area contributed by atoms with Crippen LogP contribution in [0.5, 0.6) is 0 Å². The van der Waals surface area contributed by atoms with Gasteiger partial charge in [-0.15, -0.1) is 0 Å². The van der Waals surface area contributed by atoms with Gasteiger partial charge in [0, 0.05) is 11.3 Å². The highest BCUT2D eigenvalue weighted by Crippen LogP contribution is 2.32. The molecule has 2 N–H and O–H groups in total. The van der Waals surface area contributed by atoms with Gasteiger partial charge in [0.05, 0.1) is 12.2 Å². The van der Waals surface area contributed by atoms with E-state index < -0.39 is 8.07 Å². The van der Waals surface area contributed by atoms with Crippen LogP contribution in [-0.4, -0.2) is 51.5 Å². The summed E-state index contributed by atoms with van der Waals surface area (Å²) in [6.45, 7) is 7.49. The van der Waals surface area contributed by atoms with Crippen molar-refractivity contribution < 1.29 is 9.47 Å². The minimum atomic E-state index is -1.77. The van der Waals surface area contributed by atoms with Gasteiger partial charge in [0.1, 0.15) is 14.9 Å². The standard InChI is InChI=1S/C29H52N2O2Si/c1-3-21-34(28-8-4-6-19-30-28,29-9-5-7-20-31-29)22-18-25-12-16-27(17-13-25)33-23-32-26-14-10-24(2)11-15-26/h3,18,21-22,24-31H,4-17,19-20,23H2,1-2H3. The summed E-state index contributed by atoms with van der Waals surface area (Å²) < 4.78 is 12.2. The lowest BCUT2D eigenvalue weighted by Crippen LogP contribution is -2.66. The maximum absolute atomic E-state index is 6.17. The number of nitrogens with one attached hydrogen (secondary N) is 2. The number of allylic oxidation sites excluding steroid dienone is 2. The van der Waals surface area contributed by atoms with Gasteiger partial charge >= 0.3 is 0 Å². The van der Waals surface area contributed by atoms with Gasteiger partial charge in [-0.25, -0.2) is 0 Å². The van der Waals surface area contributed by atoms with Gasteiger partial charge in [0.2, 0.25) is 0 Å². The molecule has 0 aromatic rings. The van der Waals surface area contributed by atoms with E-state index in [-0.39, 0.29) is 0 Å². The summed E-state index contributed by atoms with van der Waals surface area (Å²) in [5.41, 5.74) is 6.79. The summed E-state index contributed by atoms with van der Waals surface area (Å²) >= 11 is 0. The molecule has 0 spiro atoms. The Morgan fingerprint density at radius 2 is 1.26 bits per heavy atom. The highest BCUT2D eigenvalue weighted by Gasteiger charge is 2.44. The van der Waals surface area contributed by atoms with Gasteiger partial charge in [-0.2, -0.15) is 0 Å². The fourth-order valence-electron chi connectivity index (χ4n) is 6.99. The first-order valence-electron chi connectivity index (χ1n) is 14.7. The summed E-state index contributed by atoms with van der Waals surface area (Å²) in [5, 5.41) is 7.95. The van der Waals surface area contributed by atoms with Crippen molar-refractivity contribution in [1.82, 2.24) is 10.6 Å². The molecular weight excluding hydrogens is 436 g/mol. The van der Waals surface area contributed by atoms with Crippen molar-refractivity contribution in [2.24, 2.45) is 11.8 Å². The quantitative estimate of drug-likeness (QED) is 0.302. The Morgan fingerprint density at radius 3 is 1.76 bits per heavy atom. The molecule has 2 unspecified atom stereocenters. The predicted molar refractivity (Wildman–Crippen MR) is 145 cm³/mol. The van der Waals surface area contributed by atoms with Crippen LogP contribution in [0.3, 0.4) is 0 Å². The van der Waals surface area contributed by atoms with E-state index in [1.54, 1.807) is 0 Å². The summed E-state index contributed by atoms with van der Waals surface area (Å²) in [6, 6.07) is 0. The molecule has 194 valence electrons. The third-order valence-corrected chi connectivity index (χ3v) is 14.3. The predicted octanol–water partition coefficient (Wildman–Crippen LogP) is 6.14. The Balaban J connectivity index is 1.29. The number of ether oxygens (including phenoxy) is 2. The summed E-state index contributed by atoms with van der Waals surface area (Å²) in [7, 11) is -1.77. The molecule has 2 aliphatic carbocycles. The first-order valence-corrected chi connectivity index (χ1v) is 17.0. The Hall–Kier alpha value is -0.463. The van der Waals surface area contributed by atoms with Crippen molar-refractivity contribution in [3.63, 3.8) is 0 Å². The summed E-state index contributed by atoms with van der Waals surface area (Å²) in [6.07, 6.45) is 23.9. The molecular formula is C29H52N2O2Si. The highest BCUT2D eigenvalue weighted by atomic mass is 28.3. The van der Waals surface area contributed by atoms with Crippen LogP contribution in [0.2, 0.25) is 0 Å². The smallest absolute Gasteiger partial charge is 0.147 e. The van der Waals surface area contributed by atoms with Crippen LogP contribution in [0.4, 0.5) is 0 Å². The van der Waals surface area contributed by atoms with Crippen LogP contribution < -0.4 is 10.6 Å². The number of piperidine rings is 2. The van der Waals surface area contributed by atoms with Crippen LogP contribution in [0.15, 0.2) is 23.6 Å². The second kappa shape index (κ2) is 13.7. The lowest BCUT2D eigenvalue weighted by molar-refractivity contribution is -0.134. The van der Waals surface area contributed by atoms with Crippen LogP contribution in [-0.2, 0) is 9.47 Å². The van der Waals surface area contributed by atoms with E-state index in [0.717, 1.165) is 5.92 Å². The van der Waals surface area contributed by atoms with Gasteiger partial charge in [-0.05, 0) is 109 Å². The summed E-state index contributed by atoms with van der Waals surface area (Å²) in [5.74, 6) is 1.59. The summed E-state index contributed by atoms with van der Waals surface area (Å²) in [4.78, 5) is 0. The molecule has 0 radical (unpaired) electrons. The number of hydrogen-bond acceptors (Lipinski definition) is 4. The molecule has 2 heterocycles. The first kappa shape index (κ1) is 26.6. The average Bonchev–Trinajstić information content (AvgIpc) is 2.89. The van der Waals surface area contributed by atoms with Crippen molar-refractivity contribution in [1.29, 1.82) is 0 Å². The maximum atomic E-state index is 6.17. The molecule has 2 saturated heterocycles. The van der Waals surface area contributed by atoms with Crippen LogP contribution in [0, 0.1) is 11.8 Å². The minimum Gasteiger partial charge on any atom is -0.352 e.